The van der Waals surface area contributed by atoms with E-state index >= 15 is 0 Å². The van der Waals surface area contributed by atoms with Gasteiger partial charge in [-0.3, -0.25) is 19.2 Å². The van der Waals surface area contributed by atoms with Gasteiger partial charge in [0.15, 0.2) is 17.7 Å². The number of allylic oxidation sites excluding steroid dienone is 1. The minimum Gasteiger partial charge on any atom is -0.399 e. The highest BCUT2D eigenvalue weighted by molar-refractivity contribution is 7.51. The van der Waals surface area contributed by atoms with Gasteiger partial charge < -0.3 is 72.7 Å². The molecule has 5 rings (SSSR count). The Morgan fingerprint density at radius 2 is 1.47 bits per heavy atom. The van der Waals surface area contributed by atoms with Crippen LogP contribution in [0.2, 0.25) is 5.28 Å². The van der Waals surface area contributed by atoms with Crippen molar-refractivity contribution in [3.05, 3.63) is 36.0 Å². The normalized spacial score (nSPS) is 18.2. The maximum Gasteiger partial charge on any atom is 0.350 e. The van der Waals surface area contributed by atoms with E-state index in [4.69, 9.17) is 74.5 Å². The first-order valence-electron chi connectivity index (χ1n) is 23.6. The van der Waals surface area contributed by atoms with Crippen molar-refractivity contribution >= 4 is 54.5 Å². The van der Waals surface area contributed by atoms with Gasteiger partial charge in [-0.15, -0.1) is 0 Å². The number of hydrazone groups is 1. The van der Waals surface area contributed by atoms with Gasteiger partial charge in [-0.25, -0.2) is 4.68 Å². The van der Waals surface area contributed by atoms with Gasteiger partial charge in [0, 0.05) is 50.9 Å². The number of likely N-dealkylation sites (tertiary alicyclic amines) is 1. The maximum absolute atomic E-state index is 13.2. The number of nitrogens with two attached hydrogens (primary N) is 1. The summed E-state index contributed by atoms with van der Waals surface area (Å²) < 4.78 is 68.3. The number of rotatable bonds is 38. The highest BCUT2D eigenvalue weighted by atomic mass is 35.5. The SMILES string of the molecule is C=CC(=O)CCOCCOCCOCCOCCN(/C=C(\N)COCCOCCOCCOCCC(=O)N1CCCC2(C1)CN(c1nc(Cl)nc3c1cnn3C1CCC(COCP(=O)(O)O)O1)C2)N=C. The molecule has 2 atom stereocenters. The van der Waals surface area contributed by atoms with E-state index in [1.54, 1.807) is 22.1 Å². The third-order valence-corrected chi connectivity index (χ3v) is 12.0. The van der Waals surface area contributed by atoms with E-state index in [1.165, 1.54) is 6.08 Å². The van der Waals surface area contributed by atoms with Crippen LogP contribution in [-0.4, -0.2) is 215 Å². The molecule has 5 heterocycles. The van der Waals surface area contributed by atoms with Crippen molar-refractivity contribution in [2.45, 2.75) is 50.9 Å². The minimum absolute atomic E-state index is 0.0423. The van der Waals surface area contributed by atoms with Crippen molar-refractivity contribution < 1.29 is 71.3 Å². The number of carbonyl (C=O) groups excluding carboxylic acids is 2. The van der Waals surface area contributed by atoms with Crippen LogP contribution in [0, 0.1) is 5.41 Å². The minimum atomic E-state index is -4.26. The summed E-state index contributed by atoms with van der Waals surface area (Å²) in [6.07, 6.45) is 6.97. The molecule has 0 aliphatic carbocycles. The van der Waals surface area contributed by atoms with Crippen LogP contribution in [0.4, 0.5) is 5.82 Å². The third kappa shape index (κ3) is 20.4. The van der Waals surface area contributed by atoms with Crippen LogP contribution < -0.4 is 10.6 Å². The Morgan fingerprint density at radius 1 is 0.871 bits per heavy atom. The number of carbonyl (C=O) groups is 2. The smallest absolute Gasteiger partial charge is 0.350 e. The zero-order valence-electron chi connectivity index (χ0n) is 40.0. The number of halogens is 1. The summed E-state index contributed by atoms with van der Waals surface area (Å²) in [4.78, 5) is 55.5. The quantitative estimate of drug-likeness (QED) is 0.0217. The Hall–Kier alpha value is -3.72. The Bertz CT molecular complexity index is 1990. The molecule has 394 valence electrons. The lowest BCUT2D eigenvalue weighted by Crippen LogP contribution is -2.64. The van der Waals surface area contributed by atoms with E-state index < -0.39 is 20.2 Å². The highest BCUT2D eigenvalue weighted by Gasteiger charge is 2.47. The molecule has 4 N–H and O–H groups in total. The average molecular weight is 1030 g/mol. The number of hydrogen-bond acceptors (Lipinski definition) is 20. The van der Waals surface area contributed by atoms with E-state index in [2.05, 4.69) is 38.4 Å². The Kier molecular flexibility index (Phi) is 25.3. The first-order valence-corrected chi connectivity index (χ1v) is 25.7. The van der Waals surface area contributed by atoms with E-state index in [9.17, 15) is 14.2 Å². The fourth-order valence-corrected chi connectivity index (χ4v) is 8.49. The molecule has 1 amide bonds. The van der Waals surface area contributed by atoms with Crippen LogP contribution in [-0.2, 0) is 61.5 Å². The van der Waals surface area contributed by atoms with Crippen molar-refractivity contribution in [3.8, 4) is 0 Å². The first kappa shape index (κ1) is 57.2. The number of piperidine rings is 1. The van der Waals surface area contributed by atoms with Crippen LogP contribution >= 0.6 is 19.2 Å². The van der Waals surface area contributed by atoms with Gasteiger partial charge in [-0.2, -0.15) is 20.2 Å². The molecule has 0 aromatic carbocycles. The number of fused-ring (bicyclic) bond motifs is 1. The van der Waals surface area contributed by atoms with Crippen LogP contribution in [0.1, 0.15) is 44.8 Å². The Morgan fingerprint density at radius 3 is 2.09 bits per heavy atom. The molecular weight excluding hydrogens is 961 g/mol. The lowest BCUT2D eigenvalue weighted by atomic mass is 9.73. The van der Waals surface area contributed by atoms with Gasteiger partial charge in [-0.1, -0.05) is 6.58 Å². The predicted molar refractivity (Wildman–Crippen MR) is 256 cm³/mol. The molecule has 3 fully saturated rings. The number of aromatic nitrogens is 4. The molecule has 2 unspecified atom stereocenters. The van der Waals surface area contributed by atoms with Gasteiger partial charge in [0.1, 0.15) is 12.2 Å². The molecular formula is C44H71ClN9O15P. The Balaban J connectivity index is 0.832. The number of nitrogens with zero attached hydrogens (tertiary/aromatic N) is 8. The standard InChI is InChI=1S/C44H71ClN9O15P/c1-3-36(55)7-12-60-15-18-63-21-22-65-20-17-62-14-11-53(47-2)28-35(46)29-67-26-25-66-24-23-64-19-16-61-13-8-39(56)51-10-4-9-44(31-51)32-52(33-44)41-38-27-48-54(42(38)50-43(45)49-41)40-6-5-37(69-40)30-68-34-70(57,58)59/h3,27-28,37,40H,1-2,4-26,29-34,46H2,(H2,57,58,59)/b35-28-. The molecule has 3 aliphatic heterocycles. The summed E-state index contributed by atoms with van der Waals surface area (Å²) in [5, 5.41) is 10.9. The second kappa shape index (κ2) is 31.0. The van der Waals surface area contributed by atoms with Crippen molar-refractivity contribution in [3.63, 3.8) is 0 Å². The fraction of sp³-hybridized carbons (Fsp3) is 0.727. The molecule has 26 heteroatoms. The molecule has 3 saturated heterocycles. The molecule has 2 aromatic rings. The van der Waals surface area contributed by atoms with Gasteiger partial charge in [0.05, 0.1) is 149 Å². The van der Waals surface area contributed by atoms with Gasteiger partial charge in [0.2, 0.25) is 11.2 Å². The zero-order valence-corrected chi connectivity index (χ0v) is 41.6. The topological polar surface area (TPSA) is 276 Å². The van der Waals surface area contributed by atoms with Crippen molar-refractivity contribution in [2.24, 2.45) is 16.3 Å². The summed E-state index contributed by atoms with van der Waals surface area (Å²) >= 11 is 6.42. The van der Waals surface area contributed by atoms with Gasteiger partial charge >= 0.3 is 7.60 Å². The predicted octanol–water partition coefficient (Wildman–Crippen LogP) is 2.12. The number of amides is 1. The number of hydrogen-bond donors (Lipinski definition) is 3. The number of anilines is 1. The largest absolute Gasteiger partial charge is 0.399 e. The Labute approximate surface area is 413 Å². The second-order valence-corrected chi connectivity index (χ2v) is 18.8. The molecule has 70 heavy (non-hydrogen) atoms. The lowest BCUT2D eigenvalue weighted by Gasteiger charge is -2.55. The lowest BCUT2D eigenvalue weighted by molar-refractivity contribution is -0.136. The van der Waals surface area contributed by atoms with E-state index in [0.29, 0.717) is 168 Å². The molecule has 24 nitrogen and oxygen atoms in total. The summed E-state index contributed by atoms with van der Waals surface area (Å²) in [6.45, 7) is 16.4. The molecule has 2 aromatic heterocycles. The number of ether oxygens (including phenoxy) is 10. The first-order chi connectivity index (χ1) is 33.9. The zero-order chi connectivity index (χ0) is 50.0. The third-order valence-electron chi connectivity index (χ3n) is 11.3. The summed E-state index contributed by atoms with van der Waals surface area (Å²) in [7, 11) is -4.26. The van der Waals surface area contributed by atoms with Crippen molar-refractivity contribution in [1.82, 2.24) is 29.7 Å². The summed E-state index contributed by atoms with van der Waals surface area (Å²) in [5.41, 5.74) is 7.03. The molecule has 0 saturated carbocycles. The second-order valence-electron chi connectivity index (χ2n) is 16.9. The molecule has 3 aliphatic rings. The number of ketones is 1. The van der Waals surface area contributed by atoms with Crippen LogP contribution in [0.3, 0.4) is 0 Å². The van der Waals surface area contributed by atoms with E-state index in [0.717, 1.165) is 18.2 Å². The monoisotopic (exact) mass is 1030 g/mol. The molecule has 0 radical (unpaired) electrons. The van der Waals surface area contributed by atoms with E-state index in [1.807, 2.05) is 4.90 Å². The van der Waals surface area contributed by atoms with Crippen LogP contribution in [0.5, 0.6) is 0 Å². The summed E-state index contributed by atoms with van der Waals surface area (Å²) in [5.74, 6) is 0.703. The van der Waals surface area contributed by atoms with E-state index in [-0.39, 0.29) is 48.1 Å². The summed E-state index contributed by atoms with van der Waals surface area (Å²) in [6, 6.07) is 0. The van der Waals surface area contributed by atoms with Crippen LogP contribution in [0.15, 0.2) is 35.9 Å². The van der Waals surface area contributed by atoms with Gasteiger partial charge in [-0.05, 0) is 43.4 Å². The fourth-order valence-electron chi connectivity index (χ4n) is 7.99. The molecule has 0 bridgehead atoms. The highest BCUT2D eigenvalue weighted by Crippen LogP contribution is 2.43. The molecule has 1 spiro atoms. The van der Waals surface area contributed by atoms with Gasteiger partial charge in [0.25, 0.3) is 0 Å². The maximum atomic E-state index is 13.2. The van der Waals surface area contributed by atoms with Crippen molar-refractivity contribution in [2.75, 3.05) is 156 Å². The van der Waals surface area contributed by atoms with Crippen molar-refractivity contribution in [1.29, 1.82) is 0 Å². The van der Waals surface area contributed by atoms with Crippen LogP contribution in [0.25, 0.3) is 11.0 Å². The average Bonchev–Trinajstić information content (AvgIpc) is 3.98.